The fourth-order valence-corrected chi connectivity index (χ4v) is 2.51. The second kappa shape index (κ2) is 10.3. The topological polar surface area (TPSA) is 36.9 Å². The van der Waals surface area contributed by atoms with E-state index in [1.807, 2.05) is 31.3 Å². The largest absolute Gasteiger partial charge is 0.376 e. The molecular weight excluding hydrogens is 413 g/mol. The normalized spacial score (nSPS) is 18.0. The van der Waals surface area contributed by atoms with Crippen LogP contribution in [0.15, 0.2) is 29.3 Å². The van der Waals surface area contributed by atoms with Crippen LogP contribution in [-0.2, 0) is 11.3 Å². The maximum absolute atomic E-state index is 5.92. The van der Waals surface area contributed by atoms with E-state index in [-0.39, 0.29) is 30.1 Å². The van der Waals surface area contributed by atoms with Crippen molar-refractivity contribution in [2.75, 3.05) is 26.7 Å². The molecule has 0 amide bonds. The van der Waals surface area contributed by atoms with Crippen molar-refractivity contribution in [2.24, 2.45) is 4.99 Å². The quantitative estimate of drug-likeness (QED) is 0.435. The van der Waals surface area contributed by atoms with E-state index in [1.54, 1.807) is 0 Å². The fraction of sp³-hybridized carbons (Fsp3) is 0.562. The van der Waals surface area contributed by atoms with Crippen molar-refractivity contribution in [1.29, 1.82) is 0 Å². The molecule has 0 radical (unpaired) electrons. The summed E-state index contributed by atoms with van der Waals surface area (Å²) in [6.07, 6.45) is 2.55. The molecule has 0 aromatic heterocycles. The molecule has 1 aromatic rings. The average Bonchev–Trinajstić information content (AvgIpc) is 2.99. The van der Waals surface area contributed by atoms with Gasteiger partial charge in [-0.3, -0.25) is 4.99 Å². The number of ether oxygens (including phenoxy) is 1. The zero-order chi connectivity index (χ0) is 15.1. The molecular formula is C16H25ClIN3O. The Hall–Kier alpha value is -0.530. The van der Waals surface area contributed by atoms with Crippen molar-refractivity contribution < 1.29 is 4.74 Å². The van der Waals surface area contributed by atoms with Gasteiger partial charge in [-0.25, -0.2) is 0 Å². The lowest BCUT2D eigenvalue weighted by molar-refractivity contribution is 0.117. The van der Waals surface area contributed by atoms with Crippen LogP contribution in [0.25, 0.3) is 0 Å². The summed E-state index contributed by atoms with van der Waals surface area (Å²) in [6.45, 7) is 5.34. The first kappa shape index (κ1) is 19.5. The summed E-state index contributed by atoms with van der Waals surface area (Å²) < 4.78 is 5.62. The summed E-state index contributed by atoms with van der Waals surface area (Å²) in [4.78, 5) is 6.82. The van der Waals surface area contributed by atoms with Crippen LogP contribution in [0.2, 0.25) is 5.02 Å². The molecule has 0 saturated carbocycles. The third-order valence-corrected chi connectivity index (χ3v) is 3.75. The molecule has 0 bridgehead atoms. The Labute approximate surface area is 155 Å². The molecule has 124 valence electrons. The molecule has 0 spiro atoms. The van der Waals surface area contributed by atoms with Crippen LogP contribution in [0.4, 0.5) is 0 Å². The minimum absolute atomic E-state index is 0. The summed E-state index contributed by atoms with van der Waals surface area (Å²) >= 11 is 5.92. The molecule has 0 aliphatic carbocycles. The fourth-order valence-electron chi connectivity index (χ4n) is 2.38. The highest BCUT2D eigenvalue weighted by Gasteiger charge is 2.15. The molecule has 2 rings (SSSR count). The zero-order valence-corrected chi connectivity index (χ0v) is 16.3. The molecule has 22 heavy (non-hydrogen) atoms. The predicted octanol–water partition coefficient (Wildman–Crippen LogP) is 3.53. The molecule has 6 heteroatoms. The Kier molecular flexibility index (Phi) is 9.12. The second-order valence-electron chi connectivity index (χ2n) is 5.31. The van der Waals surface area contributed by atoms with E-state index in [1.165, 1.54) is 5.56 Å². The van der Waals surface area contributed by atoms with Crippen LogP contribution in [0.5, 0.6) is 0 Å². The average molecular weight is 438 g/mol. The van der Waals surface area contributed by atoms with Gasteiger partial charge in [0, 0.05) is 31.8 Å². The molecule has 1 unspecified atom stereocenters. The number of aliphatic imine (C=N–C) groups is 1. The number of benzene rings is 1. The summed E-state index contributed by atoms with van der Waals surface area (Å²) in [5.41, 5.74) is 1.21. The van der Waals surface area contributed by atoms with Crippen LogP contribution in [0.3, 0.4) is 0 Å². The third kappa shape index (κ3) is 6.30. The minimum atomic E-state index is 0. The first-order valence-corrected chi connectivity index (χ1v) is 7.92. The van der Waals surface area contributed by atoms with Gasteiger partial charge in [0.2, 0.25) is 0 Å². The molecule has 1 saturated heterocycles. The molecule has 1 aliphatic rings. The number of hydrogen-bond donors (Lipinski definition) is 1. The van der Waals surface area contributed by atoms with E-state index in [4.69, 9.17) is 16.3 Å². The number of nitrogens with zero attached hydrogens (tertiary/aromatic N) is 2. The van der Waals surface area contributed by atoms with E-state index in [9.17, 15) is 0 Å². The Balaban J connectivity index is 0.00000242. The number of hydrogen-bond acceptors (Lipinski definition) is 2. The van der Waals surface area contributed by atoms with Crippen molar-refractivity contribution in [3.8, 4) is 0 Å². The highest BCUT2D eigenvalue weighted by molar-refractivity contribution is 14.0. The van der Waals surface area contributed by atoms with Gasteiger partial charge in [-0.2, -0.15) is 0 Å². The highest BCUT2D eigenvalue weighted by atomic mass is 127. The lowest BCUT2D eigenvalue weighted by atomic mass is 10.2. The first-order valence-electron chi connectivity index (χ1n) is 7.54. The van der Waals surface area contributed by atoms with Crippen LogP contribution < -0.4 is 5.32 Å². The third-order valence-electron chi connectivity index (χ3n) is 3.50. The molecule has 1 atom stereocenters. The minimum Gasteiger partial charge on any atom is -0.376 e. The van der Waals surface area contributed by atoms with Gasteiger partial charge >= 0.3 is 0 Å². The summed E-state index contributed by atoms with van der Waals surface area (Å²) in [6, 6.07) is 7.92. The Morgan fingerprint density at radius 3 is 2.73 bits per heavy atom. The van der Waals surface area contributed by atoms with Gasteiger partial charge in [0.1, 0.15) is 0 Å². The van der Waals surface area contributed by atoms with E-state index >= 15 is 0 Å². The number of rotatable bonds is 5. The van der Waals surface area contributed by atoms with Crippen LogP contribution in [-0.4, -0.2) is 43.7 Å². The number of nitrogens with one attached hydrogen (secondary N) is 1. The van der Waals surface area contributed by atoms with E-state index in [0.717, 1.165) is 50.1 Å². The summed E-state index contributed by atoms with van der Waals surface area (Å²) in [5.74, 6) is 0.919. The van der Waals surface area contributed by atoms with Crippen molar-refractivity contribution >= 4 is 41.5 Å². The lowest BCUT2D eigenvalue weighted by Gasteiger charge is -2.22. The molecule has 1 aromatic carbocycles. The molecule has 1 heterocycles. The summed E-state index contributed by atoms with van der Waals surface area (Å²) in [5, 5.41) is 4.10. The highest BCUT2D eigenvalue weighted by Crippen LogP contribution is 2.13. The molecule has 1 N–H and O–H groups in total. The maximum Gasteiger partial charge on any atom is 0.194 e. The maximum atomic E-state index is 5.92. The van der Waals surface area contributed by atoms with E-state index < -0.39 is 0 Å². The van der Waals surface area contributed by atoms with Gasteiger partial charge in [-0.05, 0) is 37.5 Å². The van der Waals surface area contributed by atoms with E-state index in [2.05, 4.69) is 22.1 Å². The van der Waals surface area contributed by atoms with Gasteiger partial charge in [0.25, 0.3) is 0 Å². The zero-order valence-electron chi connectivity index (χ0n) is 13.2. The standard InChI is InChI=1S/C16H24ClN3O.HI/c1-3-18-16(19-11-15-5-4-10-21-15)20(2)12-13-6-8-14(17)9-7-13;/h6-9,15H,3-5,10-12H2,1-2H3,(H,18,19);1H. The van der Waals surface area contributed by atoms with Gasteiger partial charge in [0.15, 0.2) is 5.96 Å². The van der Waals surface area contributed by atoms with Crippen molar-refractivity contribution in [3.63, 3.8) is 0 Å². The molecule has 1 aliphatic heterocycles. The number of guanidine groups is 1. The molecule has 1 fully saturated rings. The smallest absolute Gasteiger partial charge is 0.194 e. The molecule has 4 nitrogen and oxygen atoms in total. The first-order chi connectivity index (χ1) is 10.2. The number of halogens is 2. The van der Waals surface area contributed by atoms with Crippen LogP contribution in [0.1, 0.15) is 25.3 Å². The van der Waals surface area contributed by atoms with Crippen molar-refractivity contribution in [3.05, 3.63) is 34.9 Å². The Morgan fingerprint density at radius 2 is 2.14 bits per heavy atom. The monoisotopic (exact) mass is 437 g/mol. The van der Waals surface area contributed by atoms with Gasteiger partial charge in [-0.1, -0.05) is 23.7 Å². The van der Waals surface area contributed by atoms with E-state index in [0.29, 0.717) is 0 Å². The Bertz CT molecular complexity index is 461. The van der Waals surface area contributed by atoms with Gasteiger partial charge < -0.3 is 15.0 Å². The van der Waals surface area contributed by atoms with Crippen LogP contribution in [0, 0.1) is 0 Å². The SMILES string of the molecule is CCNC(=NCC1CCCO1)N(C)Cc1ccc(Cl)cc1.I. The predicted molar refractivity (Wildman–Crippen MR) is 103 cm³/mol. The Morgan fingerprint density at radius 1 is 1.41 bits per heavy atom. The second-order valence-corrected chi connectivity index (χ2v) is 5.75. The van der Waals surface area contributed by atoms with Gasteiger partial charge in [0.05, 0.1) is 12.6 Å². The summed E-state index contributed by atoms with van der Waals surface area (Å²) in [7, 11) is 2.05. The van der Waals surface area contributed by atoms with Crippen molar-refractivity contribution in [1.82, 2.24) is 10.2 Å². The van der Waals surface area contributed by atoms with Crippen LogP contribution >= 0.6 is 35.6 Å². The van der Waals surface area contributed by atoms with Crippen molar-refractivity contribution in [2.45, 2.75) is 32.4 Å². The van der Waals surface area contributed by atoms with Gasteiger partial charge in [-0.15, -0.1) is 24.0 Å². The lowest BCUT2D eigenvalue weighted by Crippen LogP contribution is -2.39.